The smallest absolute Gasteiger partial charge is 0.416 e. The van der Waals surface area contributed by atoms with Crippen LogP contribution >= 0.6 is 0 Å². The van der Waals surface area contributed by atoms with Gasteiger partial charge in [-0.25, -0.2) is 15.2 Å². The average Bonchev–Trinajstić information content (AvgIpc) is 2.92. The number of hydrogen-bond acceptors (Lipinski definition) is 5. The van der Waals surface area contributed by atoms with Crippen molar-refractivity contribution >= 4 is 12.0 Å². The molecule has 126 valence electrons. The van der Waals surface area contributed by atoms with Gasteiger partial charge < -0.3 is 9.57 Å². The molecule has 1 atom stereocenters. The molecule has 1 saturated heterocycles. The molecule has 0 unspecified atom stereocenters. The van der Waals surface area contributed by atoms with Crippen LogP contribution in [0.2, 0.25) is 0 Å². The van der Waals surface area contributed by atoms with E-state index in [9.17, 15) is 9.59 Å². The van der Waals surface area contributed by atoms with E-state index in [1.807, 2.05) is 30.3 Å². The zero-order valence-corrected chi connectivity index (χ0v) is 13.5. The van der Waals surface area contributed by atoms with Gasteiger partial charge in [0.2, 0.25) is 5.91 Å². The lowest BCUT2D eigenvalue weighted by molar-refractivity contribution is -0.129. The van der Waals surface area contributed by atoms with Crippen LogP contribution in [0.1, 0.15) is 31.7 Å². The first-order valence-electron chi connectivity index (χ1n) is 8.09. The highest BCUT2D eigenvalue weighted by Crippen LogP contribution is 2.18. The lowest BCUT2D eigenvalue weighted by Gasteiger charge is -2.19. The monoisotopic (exact) mass is 320 g/mol. The van der Waals surface area contributed by atoms with Crippen LogP contribution in [0.4, 0.5) is 4.79 Å². The summed E-state index contributed by atoms with van der Waals surface area (Å²) in [7, 11) is 0. The van der Waals surface area contributed by atoms with E-state index in [0.717, 1.165) is 18.4 Å². The maximum absolute atomic E-state index is 12.3. The third-order valence-electron chi connectivity index (χ3n) is 3.69. The minimum atomic E-state index is -0.553. The molecule has 0 spiro atoms. The third-order valence-corrected chi connectivity index (χ3v) is 3.69. The number of nitrogens with one attached hydrogen (secondary N) is 1. The van der Waals surface area contributed by atoms with E-state index in [-0.39, 0.29) is 25.0 Å². The molecule has 1 aromatic rings. The van der Waals surface area contributed by atoms with Gasteiger partial charge in [0.25, 0.3) is 0 Å². The fourth-order valence-electron chi connectivity index (χ4n) is 2.44. The minimum Gasteiger partial charge on any atom is -0.447 e. The number of rotatable bonds is 9. The molecule has 0 bridgehead atoms. The molecule has 0 aromatic heterocycles. The first-order chi connectivity index (χ1) is 11.2. The highest BCUT2D eigenvalue weighted by Gasteiger charge is 2.37. The third kappa shape index (κ3) is 5.33. The topological polar surface area (TPSA) is 67.9 Å². The van der Waals surface area contributed by atoms with Gasteiger partial charge in [0.15, 0.2) is 0 Å². The van der Waals surface area contributed by atoms with E-state index < -0.39 is 6.09 Å². The van der Waals surface area contributed by atoms with Crippen molar-refractivity contribution < 1.29 is 19.2 Å². The van der Waals surface area contributed by atoms with Crippen molar-refractivity contribution in [2.45, 2.75) is 38.6 Å². The predicted molar refractivity (Wildman–Crippen MR) is 85.6 cm³/mol. The molecular formula is C17H24N2O4. The Hall–Kier alpha value is -1.92. The van der Waals surface area contributed by atoms with Crippen LogP contribution in [0.15, 0.2) is 30.3 Å². The number of hydrogen-bond donors (Lipinski definition) is 1. The van der Waals surface area contributed by atoms with Crippen LogP contribution in [-0.4, -0.2) is 42.7 Å². The van der Waals surface area contributed by atoms with Crippen molar-refractivity contribution in [3.05, 3.63) is 35.9 Å². The maximum atomic E-state index is 12.3. The molecule has 2 amide bonds. The average molecular weight is 320 g/mol. The van der Waals surface area contributed by atoms with Crippen molar-refractivity contribution in [2.24, 2.45) is 0 Å². The van der Waals surface area contributed by atoms with Crippen LogP contribution < -0.4 is 5.48 Å². The van der Waals surface area contributed by atoms with Crippen molar-refractivity contribution in [1.29, 1.82) is 0 Å². The summed E-state index contributed by atoms with van der Waals surface area (Å²) in [4.78, 5) is 30.5. The summed E-state index contributed by atoms with van der Waals surface area (Å²) in [5.74, 6) is -0.236. The Morgan fingerprint density at radius 3 is 2.91 bits per heavy atom. The first kappa shape index (κ1) is 17.4. The molecule has 6 heteroatoms. The fourth-order valence-corrected chi connectivity index (χ4v) is 2.44. The minimum absolute atomic E-state index is 0.201. The van der Waals surface area contributed by atoms with Crippen LogP contribution in [0.5, 0.6) is 0 Å². The van der Waals surface area contributed by atoms with Gasteiger partial charge in [-0.05, 0) is 18.4 Å². The number of amides is 2. The number of hydroxylamine groups is 1. The van der Waals surface area contributed by atoms with Gasteiger partial charge >= 0.3 is 6.09 Å². The SMILES string of the molecule is CCCCONCCC(=O)N1C(=O)OC[C@@H]1Cc1ccccc1. The van der Waals surface area contributed by atoms with E-state index in [4.69, 9.17) is 9.57 Å². The van der Waals surface area contributed by atoms with Crippen LogP contribution in [-0.2, 0) is 20.8 Å². The molecule has 0 saturated carbocycles. The van der Waals surface area contributed by atoms with E-state index >= 15 is 0 Å². The van der Waals surface area contributed by atoms with E-state index in [2.05, 4.69) is 12.4 Å². The molecule has 1 N–H and O–H groups in total. The molecule has 0 aliphatic carbocycles. The van der Waals surface area contributed by atoms with Gasteiger partial charge in [0.1, 0.15) is 6.61 Å². The van der Waals surface area contributed by atoms with E-state index in [1.54, 1.807) is 0 Å². The Morgan fingerprint density at radius 1 is 1.39 bits per heavy atom. The van der Waals surface area contributed by atoms with Crippen LogP contribution in [0, 0.1) is 0 Å². The molecule has 1 fully saturated rings. The first-order valence-corrected chi connectivity index (χ1v) is 8.09. The number of benzene rings is 1. The summed E-state index contributed by atoms with van der Waals surface area (Å²) in [5.41, 5.74) is 3.83. The maximum Gasteiger partial charge on any atom is 0.416 e. The second kappa shape index (κ2) is 9.27. The van der Waals surface area contributed by atoms with Crippen molar-refractivity contribution in [2.75, 3.05) is 19.8 Å². The molecule has 2 rings (SSSR count). The molecule has 1 aromatic carbocycles. The Balaban J connectivity index is 1.80. The van der Waals surface area contributed by atoms with Crippen molar-refractivity contribution in [1.82, 2.24) is 10.4 Å². The van der Waals surface area contributed by atoms with Crippen LogP contribution in [0.25, 0.3) is 0 Å². The number of nitrogens with zero attached hydrogens (tertiary/aromatic N) is 1. The van der Waals surface area contributed by atoms with Gasteiger partial charge in [0.05, 0.1) is 12.6 Å². The largest absolute Gasteiger partial charge is 0.447 e. The Morgan fingerprint density at radius 2 is 2.17 bits per heavy atom. The van der Waals surface area contributed by atoms with Gasteiger partial charge in [-0.3, -0.25) is 4.79 Å². The number of cyclic esters (lactones) is 1. The quantitative estimate of drug-likeness (QED) is 0.558. The summed E-state index contributed by atoms with van der Waals surface area (Å²) in [6.45, 7) is 3.33. The zero-order chi connectivity index (χ0) is 16.5. The number of carbonyl (C=O) groups is 2. The molecule has 6 nitrogen and oxygen atoms in total. The molecule has 1 aliphatic heterocycles. The van der Waals surface area contributed by atoms with Gasteiger partial charge in [-0.2, -0.15) is 0 Å². The number of ether oxygens (including phenoxy) is 1. The molecule has 0 radical (unpaired) electrons. The summed E-state index contributed by atoms with van der Waals surface area (Å²) in [6.07, 6.45) is 2.29. The lowest BCUT2D eigenvalue weighted by atomic mass is 10.1. The number of unbranched alkanes of at least 4 members (excludes halogenated alkanes) is 1. The number of carbonyl (C=O) groups excluding carboxylic acids is 2. The molecule has 1 aliphatic rings. The summed E-state index contributed by atoms with van der Waals surface area (Å²) >= 11 is 0. The zero-order valence-electron chi connectivity index (χ0n) is 13.5. The highest BCUT2D eigenvalue weighted by molar-refractivity contribution is 5.93. The summed E-state index contributed by atoms with van der Waals surface area (Å²) in [6, 6.07) is 9.54. The second-order valence-corrected chi connectivity index (χ2v) is 5.53. The van der Waals surface area contributed by atoms with Gasteiger partial charge in [0, 0.05) is 13.0 Å². The van der Waals surface area contributed by atoms with E-state index in [1.165, 1.54) is 4.90 Å². The standard InChI is InChI=1S/C17H24N2O4/c1-2-3-11-23-18-10-9-16(20)19-15(13-22-17(19)21)12-14-7-5-4-6-8-14/h4-8,15,18H,2-3,9-13H2,1H3/t15-/m0/s1. The van der Waals surface area contributed by atoms with Gasteiger partial charge in [-0.1, -0.05) is 43.7 Å². The van der Waals surface area contributed by atoms with Crippen molar-refractivity contribution in [3.63, 3.8) is 0 Å². The summed E-state index contributed by atoms with van der Waals surface area (Å²) < 4.78 is 5.05. The highest BCUT2D eigenvalue weighted by atomic mass is 16.6. The molecular weight excluding hydrogens is 296 g/mol. The van der Waals surface area contributed by atoms with Crippen LogP contribution in [0.3, 0.4) is 0 Å². The molecule has 1 heterocycles. The summed E-state index contributed by atoms with van der Waals surface area (Å²) in [5, 5.41) is 0. The normalized spacial score (nSPS) is 17.3. The van der Waals surface area contributed by atoms with E-state index in [0.29, 0.717) is 19.6 Å². The predicted octanol–water partition coefficient (Wildman–Crippen LogP) is 2.29. The molecule has 23 heavy (non-hydrogen) atoms. The van der Waals surface area contributed by atoms with Gasteiger partial charge in [-0.15, -0.1) is 0 Å². The second-order valence-electron chi connectivity index (χ2n) is 5.53. The fraction of sp³-hybridized carbons (Fsp3) is 0.529. The lowest BCUT2D eigenvalue weighted by Crippen LogP contribution is -2.41. The Kier molecular flexibility index (Phi) is 7.03. The van der Waals surface area contributed by atoms with Crippen molar-refractivity contribution in [3.8, 4) is 0 Å². The number of imide groups is 1. The Labute approximate surface area is 136 Å². The Bertz CT molecular complexity index is 507.